The molecule has 0 radical (unpaired) electrons. The molecule has 0 saturated heterocycles. The number of unbranched alkanes of at least 4 members (excludes halogenated alkanes) is 10. The van der Waals surface area contributed by atoms with Crippen LogP contribution in [0.4, 0.5) is 0 Å². The fourth-order valence-electron chi connectivity index (χ4n) is 4.94. The topological polar surface area (TPSA) is 63.6 Å². The van der Waals surface area contributed by atoms with Gasteiger partial charge in [0.15, 0.2) is 0 Å². The second kappa shape index (κ2) is 18.4. The molecule has 1 N–H and O–H groups in total. The monoisotopic (exact) mass is 452 g/mol. The number of carboxylic acids is 1. The third-order valence-corrected chi connectivity index (χ3v) is 7.08. The first-order chi connectivity index (χ1) is 15.4. The molecule has 1 aliphatic carbocycles. The number of carboxylic acid groups (broad SMARTS) is 1. The van der Waals surface area contributed by atoms with Crippen LogP contribution in [0.2, 0.25) is 0 Å². The van der Waals surface area contributed by atoms with Crippen LogP contribution in [-0.4, -0.2) is 23.1 Å². The molecule has 1 saturated carbocycles. The van der Waals surface area contributed by atoms with Crippen molar-refractivity contribution in [1.82, 2.24) is 0 Å². The second-order valence-corrected chi connectivity index (χ2v) is 10.6. The van der Waals surface area contributed by atoms with Crippen LogP contribution in [0.5, 0.6) is 0 Å². The number of carbonyl (C=O) groups excluding carboxylic acids is 1. The van der Waals surface area contributed by atoms with Crippen molar-refractivity contribution in [3.05, 3.63) is 0 Å². The minimum atomic E-state index is -0.767. The lowest BCUT2D eigenvalue weighted by atomic mass is 9.81. The van der Waals surface area contributed by atoms with Gasteiger partial charge in [-0.25, -0.2) is 0 Å². The summed E-state index contributed by atoms with van der Waals surface area (Å²) in [6.07, 6.45) is 21.4. The first kappa shape index (κ1) is 29.0. The van der Waals surface area contributed by atoms with Crippen LogP contribution in [0, 0.1) is 17.8 Å². The molecule has 0 aliphatic heterocycles. The smallest absolute Gasteiger partial charge is 0.309 e. The highest BCUT2D eigenvalue weighted by molar-refractivity contribution is 5.75. The molecule has 188 valence electrons. The van der Waals surface area contributed by atoms with E-state index in [2.05, 4.69) is 20.8 Å². The number of ether oxygens (including phenoxy) is 1. The van der Waals surface area contributed by atoms with Gasteiger partial charge in [0.2, 0.25) is 0 Å². The van der Waals surface area contributed by atoms with Gasteiger partial charge in [0.05, 0.1) is 11.8 Å². The Kier molecular flexibility index (Phi) is 16.6. The quantitative estimate of drug-likeness (QED) is 0.158. The van der Waals surface area contributed by atoms with Crippen molar-refractivity contribution in [3.8, 4) is 0 Å². The van der Waals surface area contributed by atoms with Gasteiger partial charge in [0.25, 0.3) is 0 Å². The van der Waals surface area contributed by atoms with Crippen LogP contribution in [0.1, 0.15) is 143 Å². The fraction of sp³-hybridized carbons (Fsp3) is 0.929. The van der Waals surface area contributed by atoms with Gasteiger partial charge in [-0.05, 0) is 50.9 Å². The molecule has 0 aromatic heterocycles. The van der Waals surface area contributed by atoms with Gasteiger partial charge in [0.1, 0.15) is 6.10 Å². The molecule has 0 heterocycles. The Hall–Kier alpha value is -1.06. The van der Waals surface area contributed by atoms with Gasteiger partial charge < -0.3 is 9.84 Å². The molecule has 3 unspecified atom stereocenters. The van der Waals surface area contributed by atoms with Crippen molar-refractivity contribution in [2.24, 2.45) is 17.8 Å². The van der Waals surface area contributed by atoms with Crippen molar-refractivity contribution in [2.75, 3.05) is 0 Å². The van der Waals surface area contributed by atoms with Crippen molar-refractivity contribution < 1.29 is 19.4 Å². The predicted molar refractivity (Wildman–Crippen MR) is 133 cm³/mol. The first-order valence-electron chi connectivity index (χ1n) is 13.9. The highest BCUT2D eigenvalue weighted by atomic mass is 16.5. The van der Waals surface area contributed by atoms with E-state index in [9.17, 15) is 14.7 Å². The van der Waals surface area contributed by atoms with Crippen molar-refractivity contribution in [2.45, 2.75) is 149 Å². The van der Waals surface area contributed by atoms with Gasteiger partial charge in [-0.3, -0.25) is 9.59 Å². The van der Waals surface area contributed by atoms with E-state index < -0.39 is 5.97 Å². The molecule has 0 spiro atoms. The third-order valence-electron chi connectivity index (χ3n) is 7.08. The lowest BCUT2D eigenvalue weighted by Crippen LogP contribution is -2.31. The summed E-state index contributed by atoms with van der Waals surface area (Å²) >= 11 is 0. The van der Waals surface area contributed by atoms with Gasteiger partial charge in [0, 0.05) is 0 Å². The summed E-state index contributed by atoms with van der Waals surface area (Å²) in [5.41, 5.74) is 0. The molecule has 0 bridgehead atoms. The molecule has 1 rings (SSSR count). The number of rotatable bonds is 19. The standard InChI is InChI=1S/C28H52O4/c1-4-5-6-7-8-9-10-11-12-13-14-20-26(21-15-17-23(2)3)32-28(31)25-19-16-18-24(22-25)27(29)30/h23-26H,4-22H2,1-3H3,(H,29,30). The zero-order chi connectivity index (χ0) is 23.6. The molecule has 1 fully saturated rings. The molecule has 1 aliphatic rings. The van der Waals surface area contributed by atoms with Crippen LogP contribution >= 0.6 is 0 Å². The number of aliphatic carboxylic acids is 1. The summed E-state index contributed by atoms with van der Waals surface area (Å²) in [6.45, 7) is 6.73. The molecule has 0 aromatic rings. The number of carbonyl (C=O) groups is 2. The maximum absolute atomic E-state index is 12.8. The van der Waals surface area contributed by atoms with E-state index in [-0.39, 0.29) is 23.9 Å². The first-order valence-corrected chi connectivity index (χ1v) is 13.9. The minimum absolute atomic E-state index is 0.00465. The maximum atomic E-state index is 12.8. The van der Waals surface area contributed by atoms with Gasteiger partial charge >= 0.3 is 11.9 Å². The van der Waals surface area contributed by atoms with Crippen LogP contribution in [0.25, 0.3) is 0 Å². The molecule has 3 atom stereocenters. The summed E-state index contributed by atoms with van der Waals surface area (Å²) in [7, 11) is 0. The fourth-order valence-corrected chi connectivity index (χ4v) is 4.94. The molecule has 0 aromatic carbocycles. The summed E-state index contributed by atoms with van der Waals surface area (Å²) in [4.78, 5) is 24.1. The third kappa shape index (κ3) is 14.2. The van der Waals surface area contributed by atoms with Crippen LogP contribution < -0.4 is 0 Å². The van der Waals surface area contributed by atoms with Crippen molar-refractivity contribution in [3.63, 3.8) is 0 Å². The summed E-state index contributed by atoms with van der Waals surface area (Å²) < 4.78 is 5.96. The van der Waals surface area contributed by atoms with E-state index in [1.54, 1.807) is 0 Å². The van der Waals surface area contributed by atoms with E-state index in [4.69, 9.17) is 4.74 Å². The van der Waals surface area contributed by atoms with Gasteiger partial charge in [-0.2, -0.15) is 0 Å². The molecule has 0 amide bonds. The number of esters is 1. The van der Waals surface area contributed by atoms with Gasteiger partial charge in [-0.15, -0.1) is 0 Å². The molecular weight excluding hydrogens is 400 g/mol. The highest BCUT2D eigenvalue weighted by Crippen LogP contribution is 2.31. The summed E-state index contributed by atoms with van der Waals surface area (Å²) in [6, 6.07) is 0. The largest absolute Gasteiger partial charge is 0.481 e. The highest BCUT2D eigenvalue weighted by Gasteiger charge is 2.32. The zero-order valence-corrected chi connectivity index (χ0v) is 21.4. The van der Waals surface area contributed by atoms with Crippen molar-refractivity contribution in [1.29, 1.82) is 0 Å². The Morgan fingerprint density at radius 3 is 1.88 bits per heavy atom. The van der Waals surface area contributed by atoms with Crippen LogP contribution in [0.15, 0.2) is 0 Å². The summed E-state index contributed by atoms with van der Waals surface area (Å²) in [5.74, 6) is -0.851. The van der Waals surface area contributed by atoms with E-state index in [1.165, 1.54) is 64.2 Å². The van der Waals surface area contributed by atoms with E-state index in [1.807, 2.05) is 0 Å². The van der Waals surface area contributed by atoms with E-state index in [0.29, 0.717) is 18.8 Å². The molecule has 4 heteroatoms. The Balaban J connectivity index is 2.28. The lowest BCUT2D eigenvalue weighted by molar-refractivity contribution is -0.158. The zero-order valence-electron chi connectivity index (χ0n) is 21.4. The molecule has 32 heavy (non-hydrogen) atoms. The van der Waals surface area contributed by atoms with Crippen LogP contribution in [0.3, 0.4) is 0 Å². The number of hydrogen-bond donors (Lipinski definition) is 1. The second-order valence-electron chi connectivity index (χ2n) is 10.6. The molecule has 4 nitrogen and oxygen atoms in total. The lowest BCUT2D eigenvalue weighted by Gasteiger charge is -2.27. The van der Waals surface area contributed by atoms with E-state index >= 15 is 0 Å². The normalized spacial score (nSPS) is 19.8. The minimum Gasteiger partial charge on any atom is -0.481 e. The SMILES string of the molecule is CCCCCCCCCCCCCC(CCCC(C)C)OC(=O)C1CCCC(C(=O)O)C1. The average molecular weight is 453 g/mol. The molecular formula is C28H52O4. The Bertz CT molecular complexity index is 488. The number of hydrogen-bond acceptors (Lipinski definition) is 3. The van der Waals surface area contributed by atoms with Crippen molar-refractivity contribution >= 4 is 11.9 Å². The van der Waals surface area contributed by atoms with E-state index in [0.717, 1.165) is 44.9 Å². The Morgan fingerprint density at radius 1 is 0.781 bits per heavy atom. The predicted octanol–water partition coefficient (Wildman–Crippen LogP) is 8.32. The Morgan fingerprint density at radius 2 is 1.31 bits per heavy atom. The average Bonchev–Trinajstić information content (AvgIpc) is 2.77. The Labute approximate surface area is 198 Å². The maximum Gasteiger partial charge on any atom is 0.309 e. The van der Waals surface area contributed by atoms with Gasteiger partial charge in [-0.1, -0.05) is 97.8 Å². The summed E-state index contributed by atoms with van der Waals surface area (Å²) in [5, 5.41) is 9.30. The van der Waals surface area contributed by atoms with Crippen LogP contribution in [-0.2, 0) is 14.3 Å².